The molecule has 2 N–H and O–H groups in total. The molecule has 1 amide bonds. The lowest BCUT2D eigenvalue weighted by molar-refractivity contribution is 0.0934. The maximum Gasteiger partial charge on any atom is 0.253 e. The SMILES string of the molecule is Cc1[nH]c2c(C(=O)NC3CCCc4c3cnn4C)cccc2c1C. The van der Waals surface area contributed by atoms with Crippen molar-refractivity contribution >= 4 is 16.8 Å². The summed E-state index contributed by atoms with van der Waals surface area (Å²) in [6.45, 7) is 4.12. The summed E-state index contributed by atoms with van der Waals surface area (Å²) < 4.78 is 1.92. The summed E-state index contributed by atoms with van der Waals surface area (Å²) in [5.41, 5.74) is 6.33. The van der Waals surface area contributed by atoms with E-state index in [2.05, 4.69) is 28.4 Å². The first-order valence-electron chi connectivity index (χ1n) is 8.45. The predicted octanol–water partition coefficient (Wildman–Crippen LogP) is 3.33. The number of amides is 1. The Balaban J connectivity index is 1.67. The molecule has 0 spiro atoms. The van der Waals surface area contributed by atoms with Crippen LogP contribution in [0.3, 0.4) is 0 Å². The fraction of sp³-hybridized carbons (Fsp3) is 0.368. The van der Waals surface area contributed by atoms with Gasteiger partial charge in [0.05, 0.1) is 23.3 Å². The molecule has 4 rings (SSSR count). The van der Waals surface area contributed by atoms with Gasteiger partial charge in [-0.15, -0.1) is 0 Å². The lowest BCUT2D eigenvalue weighted by Gasteiger charge is -2.24. The van der Waals surface area contributed by atoms with Gasteiger partial charge < -0.3 is 10.3 Å². The van der Waals surface area contributed by atoms with Crippen LogP contribution >= 0.6 is 0 Å². The van der Waals surface area contributed by atoms with Crippen LogP contribution in [0.15, 0.2) is 24.4 Å². The van der Waals surface area contributed by atoms with Gasteiger partial charge in [0.15, 0.2) is 0 Å². The van der Waals surface area contributed by atoms with Crippen molar-refractivity contribution in [2.45, 2.75) is 39.2 Å². The summed E-state index contributed by atoms with van der Waals surface area (Å²) in [4.78, 5) is 16.3. The van der Waals surface area contributed by atoms with Crippen molar-refractivity contribution < 1.29 is 4.79 Å². The summed E-state index contributed by atoms with van der Waals surface area (Å²) in [6.07, 6.45) is 4.96. The van der Waals surface area contributed by atoms with Crippen LogP contribution in [-0.2, 0) is 13.5 Å². The van der Waals surface area contributed by atoms with Crippen LogP contribution in [-0.4, -0.2) is 20.7 Å². The molecular weight excluding hydrogens is 300 g/mol. The standard InChI is InChI=1S/C19H22N4O/c1-11-12(2)21-18-13(11)6-4-7-14(18)19(24)22-16-8-5-9-17-15(16)10-20-23(17)3/h4,6-7,10,16,21H,5,8-9H2,1-3H3,(H,22,24). The first-order valence-corrected chi connectivity index (χ1v) is 8.45. The smallest absolute Gasteiger partial charge is 0.253 e. The molecule has 1 aliphatic rings. The van der Waals surface area contributed by atoms with E-state index in [1.165, 1.54) is 11.3 Å². The number of rotatable bonds is 2. The number of hydrogen-bond donors (Lipinski definition) is 2. The minimum Gasteiger partial charge on any atom is -0.358 e. The zero-order chi connectivity index (χ0) is 16.8. The van der Waals surface area contributed by atoms with Crippen LogP contribution < -0.4 is 5.32 Å². The van der Waals surface area contributed by atoms with E-state index in [9.17, 15) is 4.79 Å². The zero-order valence-electron chi connectivity index (χ0n) is 14.3. The number of para-hydroxylation sites is 1. The van der Waals surface area contributed by atoms with Crippen molar-refractivity contribution in [3.8, 4) is 0 Å². The first kappa shape index (κ1) is 15.0. The highest BCUT2D eigenvalue weighted by Gasteiger charge is 2.25. The largest absolute Gasteiger partial charge is 0.358 e. The molecule has 1 aromatic carbocycles. The fourth-order valence-corrected chi connectivity index (χ4v) is 3.76. The Labute approximate surface area is 141 Å². The van der Waals surface area contributed by atoms with Gasteiger partial charge in [0.1, 0.15) is 0 Å². The predicted molar refractivity (Wildman–Crippen MR) is 94.1 cm³/mol. The van der Waals surface area contributed by atoms with Gasteiger partial charge in [-0.25, -0.2) is 0 Å². The summed E-state index contributed by atoms with van der Waals surface area (Å²) >= 11 is 0. The van der Waals surface area contributed by atoms with Crippen molar-refractivity contribution in [2.24, 2.45) is 7.05 Å². The minimum absolute atomic E-state index is 0.0245. The summed E-state index contributed by atoms with van der Waals surface area (Å²) in [5, 5.41) is 8.68. The first-order chi connectivity index (χ1) is 11.6. The van der Waals surface area contributed by atoms with Crippen molar-refractivity contribution in [3.05, 3.63) is 52.5 Å². The molecule has 0 saturated carbocycles. The molecule has 0 aliphatic heterocycles. The number of benzene rings is 1. The minimum atomic E-state index is -0.0245. The number of H-pyrrole nitrogens is 1. The Bertz CT molecular complexity index is 934. The van der Waals surface area contributed by atoms with Gasteiger partial charge in [-0.2, -0.15) is 5.10 Å². The van der Waals surface area contributed by atoms with E-state index < -0.39 is 0 Å². The molecule has 24 heavy (non-hydrogen) atoms. The number of aryl methyl sites for hydroxylation is 3. The Hall–Kier alpha value is -2.56. The normalized spacial score (nSPS) is 17.0. The van der Waals surface area contributed by atoms with Crippen LogP contribution in [0.4, 0.5) is 0 Å². The molecule has 0 radical (unpaired) electrons. The molecule has 2 aromatic heterocycles. The van der Waals surface area contributed by atoms with Crippen LogP contribution in [0.5, 0.6) is 0 Å². The Morgan fingerprint density at radius 3 is 3.04 bits per heavy atom. The fourth-order valence-electron chi connectivity index (χ4n) is 3.76. The highest BCUT2D eigenvalue weighted by molar-refractivity contribution is 6.06. The third kappa shape index (κ3) is 2.23. The summed E-state index contributed by atoms with van der Waals surface area (Å²) in [5.74, 6) is -0.0245. The number of hydrogen-bond acceptors (Lipinski definition) is 2. The topological polar surface area (TPSA) is 62.7 Å². The second kappa shape index (κ2) is 5.51. The lowest BCUT2D eigenvalue weighted by Crippen LogP contribution is -2.31. The second-order valence-electron chi connectivity index (χ2n) is 6.69. The quantitative estimate of drug-likeness (QED) is 0.760. The zero-order valence-corrected chi connectivity index (χ0v) is 14.3. The van der Waals surface area contributed by atoms with Gasteiger partial charge in [0.25, 0.3) is 5.91 Å². The van der Waals surface area contributed by atoms with Gasteiger partial charge in [-0.05, 0) is 44.7 Å². The molecule has 1 unspecified atom stereocenters. The summed E-state index contributed by atoms with van der Waals surface area (Å²) in [6, 6.07) is 5.95. The lowest BCUT2D eigenvalue weighted by atomic mass is 9.92. The van der Waals surface area contributed by atoms with Gasteiger partial charge in [0, 0.05) is 29.4 Å². The van der Waals surface area contributed by atoms with Crippen molar-refractivity contribution in [3.63, 3.8) is 0 Å². The Morgan fingerprint density at radius 1 is 1.38 bits per heavy atom. The molecule has 5 nitrogen and oxygen atoms in total. The Kier molecular flexibility index (Phi) is 3.44. The van der Waals surface area contributed by atoms with Gasteiger partial charge >= 0.3 is 0 Å². The van der Waals surface area contributed by atoms with Crippen LogP contribution in [0.25, 0.3) is 10.9 Å². The number of carbonyl (C=O) groups excluding carboxylic acids is 1. The molecule has 1 atom stereocenters. The maximum atomic E-state index is 12.9. The van der Waals surface area contributed by atoms with Gasteiger partial charge in [-0.3, -0.25) is 9.48 Å². The molecule has 124 valence electrons. The van der Waals surface area contributed by atoms with Crippen molar-refractivity contribution in [2.75, 3.05) is 0 Å². The number of aromatic amines is 1. The third-order valence-electron chi connectivity index (χ3n) is 5.27. The second-order valence-corrected chi connectivity index (χ2v) is 6.69. The van der Waals surface area contributed by atoms with Crippen LogP contribution in [0, 0.1) is 13.8 Å². The molecule has 0 saturated heterocycles. The summed E-state index contributed by atoms with van der Waals surface area (Å²) in [7, 11) is 1.97. The van der Waals surface area contributed by atoms with E-state index in [4.69, 9.17) is 0 Å². The van der Waals surface area contributed by atoms with E-state index in [-0.39, 0.29) is 11.9 Å². The molecule has 3 aromatic rings. The molecular formula is C19H22N4O. The third-order valence-corrected chi connectivity index (χ3v) is 5.27. The van der Waals surface area contributed by atoms with E-state index in [1.807, 2.05) is 37.0 Å². The number of nitrogens with zero attached hydrogens (tertiary/aromatic N) is 2. The number of aromatic nitrogens is 3. The van der Waals surface area contributed by atoms with Crippen molar-refractivity contribution in [1.82, 2.24) is 20.1 Å². The number of nitrogens with one attached hydrogen (secondary N) is 2. The van der Waals surface area contributed by atoms with E-state index in [0.717, 1.165) is 41.4 Å². The molecule has 1 aliphatic carbocycles. The average molecular weight is 322 g/mol. The van der Waals surface area contributed by atoms with E-state index in [0.29, 0.717) is 5.56 Å². The van der Waals surface area contributed by atoms with E-state index >= 15 is 0 Å². The van der Waals surface area contributed by atoms with E-state index in [1.54, 1.807) is 0 Å². The molecule has 0 bridgehead atoms. The highest BCUT2D eigenvalue weighted by atomic mass is 16.1. The van der Waals surface area contributed by atoms with Crippen molar-refractivity contribution in [1.29, 1.82) is 0 Å². The van der Waals surface area contributed by atoms with Crippen LogP contribution in [0.2, 0.25) is 0 Å². The number of carbonyl (C=O) groups is 1. The molecule has 5 heteroatoms. The maximum absolute atomic E-state index is 12.9. The highest BCUT2D eigenvalue weighted by Crippen LogP contribution is 2.30. The monoisotopic (exact) mass is 322 g/mol. The Morgan fingerprint density at radius 2 is 2.21 bits per heavy atom. The number of fused-ring (bicyclic) bond motifs is 2. The average Bonchev–Trinajstić information content (AvgIpc) is 3.09. The van der Waals surface area contributed by atoms with Gasteiger partial charge in [0.2, 0.25) is 0 Å². The van der Waals surface area contributed by atoms with Gasteiger partial charge in [-0.1, -0.05) is 12.1 Å². The molecule has 2 heterocycles. The van der Waals surface area contributed by atoms with Crippen LogP contribution in [0.1, 0.15) is 51.8 Å². The molecule has 0 fully saturated rings.